The van der Waals surface area contributed by atoms with Gasteiger partial charge in [-0.3, -0.25) is 4.79 Å². The Bertz CT molecular complexity index is 522. The van der Waals surface area contributed by atoms with E-state index < -0.39 is 11.7 Å². The van der Waals surface area contributed by atoms with Gasteiger partial charge in [0.2, 0.25) is 0 Å². The lowest BCUT2D eigenvalue weighted by Gasteiger charge is -2.12. The van der Waals surface area contributed by atoms with Crippen LogP contribution in [0.5, 0.6) is 0 Å². The molecule has 5 heteroatoms. The van der Waals surface area contributed by atoms with Gasteiger partial charge in [0, 0.05) is 23.8 Å². The molecule has 0 saturated carbocycles. The third-order valence-corrected chi connectivity index (χ3v) is 3.31. The van der Waals surface area contributed by atoms with E-state index in [4.69, 9.17) is 5.11 Å². The summed E-state index contributed by atoms with van der Waals surface area (Å²) in [5.41, 5.74) is 0.510. The number of carbonyl (C=O) groups excluding carboxylic acids is 1. The van der Waals surface area contributed by atoms with E-state index in [0.29, 0.717) is 12.0 Å². The first-order chi connectivity index (χ1) is 9.58. The van der Waals surface area contributed by atoms with Gasteiger partial charge in [-0.2, -0.15) is 11.8 Å². The van der Waals surface area contributed by atoms with E-state index in [9.17, 15) is 9.18 Å². The highest BCUT2D eigenvalue weighted by molar-refractivity contribution is 7.98. The van der Waals surface area contributed by atoms with Gasteiger partial charge in [0.05, 0.1) is 12.2 Å². The fourth-order valence-corrected chi connectivity index (χ4v) is 2.17. The van der Waals surface area contributed by atoms with Gasteiger partial charge in [0.25, 0.3) is 5.91 Å². The number of aliphatic hydroxyl groups excluding tert-OH is 1. The second-order valence-electron chi connectivity index (χ2n) is 4.30. The van der Waals surface area contributed by atoms with Crippen molar-refractivity contribution in [1.82, 2.24) is 5.32 Å². The molecule has 1 unspecified atom stereocenters. The molecule has 0 heterocycles. The number of rotatable bonds is 5. The van der Waals surface area contributed by atoms with Gasteiger partial charge in [-0.15, -0.1) is 0 Å². The number of amides is 1. The maximum atomic E-state index is 13.9. The van der Waals surface area contributed by atoms with Crippen LogP contribution in [-0.4, -0.2) is 35.7 Å². The minimum atomic E-state index is -0.588. The van der Waals surface area contributed by atoms with Crippen molar-refractivity contribution in [2.24, 2.45) is 0 Å². The molecule has 108 valence electrons. The molecule has 0 aliphatic carbocycles. The molecule has 0 aromatic heterocycles. The van der Waals surface area contributed by atoms with Crippen molar-refractivity contribution in [3.8, 4) is 11.8 Å². The Hall–Kier alpha value is -1.51. The molecule has 0 saturated heterocycles. The van der Waals surface area contributed by atoms with E-state index >= 15 is 0 Å². The quantitative estimate of drug-likeness (QED) is 0.817. The van der Waals surface area contributed by atoms with Crippen LogP contribution in [0.25, 0.3) is 0 Å². The average Bonchev–Trinajstić information content (AvgIpc) is 2.39. The molecule has 1 aromatic rings. The van der Waals surface area contributed by atoms with Crippen LogP contribution in [0, 0.1) is 17.7 Å². The highest BCUT2D eigenvalue weighted by Gasteiger charge is 2.14. The van der Waals surface area contributed by atoms with Crippen molar-refractivity contribution in [3.05, 3.63) is 35.1 Å². The first-order valence-electron chi connectivity index (χ1n) is 6.27. The summed E-state index contributed by atoms with van der Waals surface area (Å²) in [5.74, 6) is 5.20. The molecule has 1 amide bonds. The van der Waals surface area contributed by atoms with Crippen molar-refractivity contribution in [3.63, 3.8) is 0 Å². The molecule has 0 aliphatic rings. The molecule has 0 spiro atoms. The molecular weight excluding hydrogens is 277 g/mol. The van der Waals surface area contributed by atoms with Crippen molar-refractivity contribution >= 4 is 17.7 Å². The smallest absolute Gasteiger partial charge is 0.254 e. The molecule has 1 atom stereocenters. The van der Waals surface area contributed by atoms with Crippen LogP contribution >= 0.6 is 11.8 Å². The van der Waals surface area contributed by atoms with E-state index in [-0.39, 0.29) is 18.2 Å². The highest BCUT2D eigenvalue weighted by atomic mass is 32.2. The van der Waals surface area contributed by atoms with Gasteiger partial charge in [-0.25, -0.2) is 4.39 Å². The van der Waals surface area contributed by atoms with E-state index in [1.807, 2.05) is 13.2 Å². The van der Waals surface area contributed by atoms with Crippen LogP contribution in [0.1, 0.15) is 29.3 Å². The summed E-state index contributed by atoms with van der Waals surface area (Å²) >= 11 is 1.62. The lowest BCUT2D eigenvalue weighted by atomic mass is 10.1. The zero-order valence-electron chi connectivity index (χ0n) is 11.6. The van der Waals surface area contributed by atoms with E-state index in [2.05, 4.69) is 17.2 Å². The van der Waals surface area contributed by atoms with Gasteiger partial charge < -0.3 is 10.4 Å². The average molecular weight is 295 g/mol. The van der Waals surface area contributed by atoms with Crippen LogP contribution in [0.15, 0.2) is 18.2 Å². The second-order valence-corrected chi connectivity index (χ2v) is 5.21. The molecule has 3 nitrogen and oxygen atoms in total. The summed E-state index contributed by atoms with van der Waals surface area (Å²) in [6.45, 7) is 1.85. The summed E-state index contributed by atoms with van der Waals surface area (Å²) in [7, 11) is 0. The van der Waals surface area contributed by atoms with Crippen molar-refractivity contribution in [2.45, 2.75) is 19.4 Å². The lowest BCUT2D eigenvalue weighted by molar-refractivity contribution is 0.0939. The van der Waals surface area contributed by atoms with E-state index in [1.165, 1.54) is 12.1 Å². The lowest BCUT2D eigenvalue weighted by Crippen LogP contribution is -2.34. The predicted octanol–water partition coefficient (Wildman–Crippen LogP) is 2.04. The van der Waals surface area contributed by atoms with E-state index in [0.717, 1.165) is 5.75 Å². The maximum Gasteiger partial charge on any atom is 0.254 e. The Balaban J connectivity index is 2.78. The Morgan fingerprint density at radius 3 is 2.90 bits per heavy atom. The van der Waals surface area contributed by atoms with Crippen LogP contribution in [0.3, 0.4) is 0 Å². The Labute approximate surface area is 123 Å². The van der Waals surface area contributed by atoms with Crippen LogP contribution in [0.4, 0.5) is 4.39 Å². The zero-order chi connectivity index (χ0) is 15.0. The predicted molar refractivity (Wildman–Crippen MR) is 80.3 cm³/mol. The molecule has 0 radical (unpaired) electrons. The molecule has 1 rings (SSSR count). The third-order valence-electron chi connectivity index (χ3n) is 2.48. The summed E-state index contributed by atoms with van der Waals surface area (Å²) in [6.07, 6.45) is 2.29. The first kappa shape index (κ1) is 16.5. The number of hydrogen-bond donors (Lipinski definition) is 2. The first-order valence-corrected chi connectivity index (χ1v) is 7.67. The summed E-state index contributed by atoms with van der Waals surface area (Å²) < 4.78 is 13.9. The number of carbonyl (C=O) groups is 1. The number of benzene rings is 1. The van der Waals surface area contributed by atoms with Gasteiger partial charge in [0.1, 0.15) is 5.82 Å². The number of aliphatic hydroxyl groups is 1. The Morgan fingerprint density at radius 1 is 1.55 bits per heavy atom. The Morgan fingerprint density at radius 2 is 2.30 bits per heavy atom. The summed E-state index contributed by atoms with van der Waals surface area (Å²) in [4.78, 5) is 11.9. The normalized spacial score (nSPS) is 11.4. The molecular formula is C15H18FNO2S. The number of thioether (sulfide) groups is 1. The standard InChI is InChI=1S/C15H18FNO2S/c1-11(10-20-2)17-15(19)13-7-6-12(9-14(13)16)5-3-4-8-18/h6-7,9,11,18H,4,8,10H2,1-2H3,(H,17,19). The largest absolute Gasteiger partial charge is 0.395 e. The van der Waals surface area contributed by atoms with Gasteiger partial charge in [-0.05, 0) is 31.4 Å². The molecule has 0 aliphatic heterocycles. The third kappa shape index (κ3) is 5.24. The van der Waals surface area contributed by atoms with Gasteiger partial charge in [-0.1, -0.05) is 11.8 Å². The number of hydrogen-bond acceptors (Lipinski definition) is 3. The van der Waals surface area contributed by atoms with E-state index in [1.54, 1.807) is 17.8 Å². The minimum Gasteiger partial charge on any atom is -0.395 e. The summed E-state index contributed by atoms with van der Waals surface area (Å²) in [6, 6.07) is 4.25. The van der Waals surface area contributed by atoms with Crippen LogP contribution in [0.2, 0.25) is 0 Å². The monoisotopic (exact) mass is 295 g/mol. The number of halogens is 1. The van der Waals surface area contributed by atoms with Crippen molar-refractivity contribution in [1.29, 1.82) is 0 Å². The SMILES string of the molecule is CSCC(C)NC(=O)c1ccc(C#CCCO)cc1F. The number of nitrogens with one attached hydrogen (secondary N) is 1. The van der Waals surface area contributed by atoms with Gasteiger partial charge >= 0.3 is 0 Å². The summed E-state index contributed by atoms with van der Waals surface area (Å²) in [5, 5.41) is 11.4. The maximum absolute atomic E-state index is 13.9. The fraction of sp³-hybridized carbons (Fsp3) is 0.400. The van der Waals surface area contributed by atoms with Crippen molar-refractivity contribution in [2.75, 3.05) is 18.6 Å². The molecule has 1 aromatic carbocycles. The van der Waals surface area contributed by atoms with Crippen LogP contribution in [-0.2, 0) is 0 Å². The highest BCUT2D eigenvalue weighted by Crippen LogP contribution is 2.10. The fourth-order valence-electron chi connectivity index (χ4n) is 1.59. The van der Waals surface area contributed by atoms with Crippen molar-refractivity contribution < 1.29 is 14.3 Å². The van der Waals surface area contributed by atoms with Crippen LogP contribution < -0.4 is 5.32 Å². The zero-order valence-corrected chi connectivity index (χ0v) is 12.4. The second kappa shape index (κ2) is 8.62. The topological polar surface area (TPSA) is 49.3 Å². The molecule has 0 fully saturated rings. The molecule has 0 bridgehead atoms. The minimum absolute atomic E-state index is 0.0130. The Kier molecular flexibility index (Phi) is 7.13. The molecule has 2 N–H and O–H groups in total. The van der Waals surface area contributed by atoms with Gasteiger partial charge in [0.15, 0.2) is 0 Å². The molecule has 20 heavy (non-hydrogen) atoms.